The number of carboxylic acid groups (broad SMARTS) is 1. The maximum Gasteiger partial charge on any atom is 0.326 e. The van der Waals surface area contributed by atoms with Crippen LogP contribution < -0.4 is 11.1 Å². The molecular formula is C26H39N3O6. The number of amides is 2. The highest BCUT2D eigenvalue weighted by Gasteiger charge is 2.58. The van der Waals surface area contributed by atoms with Crippen molar-refractivity contribution in [2.24, 2.45) is 39.5 Å². The van der Waals surface area contributed by atoms with Crippen molar-refractivity contribution < 1.29 is 29.4 Å². The first-order valence-electron chi connectivity index (χ1n) is 12.9. The van der Waals surface area contributed by atoms with Crippen LogP contribution in [0.4, 0.5) is 0 Å². The minimum atomic E-state index is -1.23. The number of nitrogens with zero attached hydrogens (tertiary/aromatic N) is 1. The Hall–Kier alpha value is -2.42. The van der Waals surface area contributed by atoms with Crippen molar-refractivity contribution in [1.29, 1.82) is 0 Å². The molecule has 0 aliphatic heterocycles. The molecule has 7 unspecified atom stereocenters. The number of carbonyl (C=O) groups is 3. The average Bonchev–Trinajstić information content (AvgIpc) is 3.11. The summed E-state index contributed by atoms with van der Waals surface area (Å²) in [7, 11) is 0. The van der Waals surface area contributed by atoms with Gasteiger partial charge in [0.25, 0.3) is 5.91 Å². The molecule has 0 bridgehead atoms. The molecule has 4 aliphatic rings. The zero-order valence-electron chi connectivity index (χ0n) is 20.8. The Bertz CT molecular complexity index is 932. The zero-order chi connectivity index (χ0) is 25.4. The van der Waals surface area contributed by atoms with Gasteiger partial charge in [-0.15, -0.1) is 0 Å². The standard InChI is InChI=1S/C26H39N3O6/c1-25-11-9-16(29-35-14-23(32)28-20(24(33)34)6-8-22(27)31)13-15(25)3-4-17-18-5-7-21(30)26(18,2)12-10-19(17)25/h13,17-21,30H,3-12,14H2,1-2H3,(H2,27,31)(H,28,32)(H,33,34). The number of oxime groups is 1. The highest BCUT2D eigenvalue weighted by molar-refractivity contribution is 5.96. The maximum atomic E-state index is 12.1. The van der Waals surface area contributed by atoms with Gasteiger partial charge in [-0.25, -0.2) is 4.79 Å². The quantitative estimate of drug-likeness (QED) is 0.385. The second-order valence-electron chi connectivity index (χ2n) is 11.5. The molecule has 3 fully saturated rings. The Morgan fingerprint density at radius 1 is 1.17 bits per heavy atom. The molecule has 0 aromatic rings. The van der Waals surface area contributed by atoms with Crippen LogP contribution in [0.1, 0.15) is 78.1 Å². The van der Waals surface area contributed by atoms with Gasteiger partial charge >= 0.3 is 5.97 Å². The summed E-state index contributed by atoms with van der Waals surface area (Å²) in [6.07, 6.45) is 10.1. The van der Waals surface area contributed by atoms with Crippen LogP contribution in [0.5, 0.6) is 0 Å². The van der Waals surface area contributed by atoms with Crippen molar-refractivity contribution in [3.05, 3.63) is 11.6 Å². The predicted molar refractivity (Wildman–Crippen MR) is 129 cm³/mol. The molecule has 0 saturated heterocycles. The van der Waals surface area contributed by atoms with E-state index in [-0.39, 0.29) is 29.8 Å². The van der Waals surface area contributed by atoms with Crippen LogP contribution in [0.3, 0.4) is 0 Å². The van der Waals surface area contributed by atoms with Gasteiger partial charge in [-0.2, -0.15) is 0 Å². The number of carboxylic acids is 1. The molecule has 0 aromatic carbocycles. The summed E-state index contributed by atoms with van der Waals surface area (Å²) in [4.78, 5) is 39.5. The normalized spacial score (nSPS) is 37.9. The molecule has 2 amide bonds. The monoisotopic (exact) mass is 489 g/mol. The Morgan fingerprint density at radius 2 is 1.94 bits per heavy atom. The topological polar surface area (TPSA) is 151 Å². The van der Waals surface area contributed by atoms with Crippen molar-refractivity contribution in [2.45, 2.75) is 90.2 Å². The highest BCUT2D eigenvalue weighted by Crippen LogP contribution is 2.65. The SMILES string of the molecule is CC12CCC(=NOCC(=O)NC(CCC(N)=O)C(=O)O)C=C1CCC1C2CCC2(C)C(O)CCC12. The number of nitrogens with two attached hydrogens (primary N) is 1. The van der Waals surface area contributed by atoms with E-state index < -0.39 is 30.4 Å². The lowest BCUT2D eigenvalue weighted by Crippen LogP contribution is -2.51. The molecule has 9 heteroatoms. The molecule has 0 spiro atoms. The Morgan fingerprint density at radius 3 is 2.66 bits per heavy atom. The molecule has 4 aliphatic carbocycles. The Balaban J connectivity index is 1.35. The van der Waals surface area contributed by atoms with Gasteiger partial charge in [0.05, 0.1) is 11.8 Å². The summed E-state index contributed by atoms with van der Waals surface area (Å²) in [5, 5.41) is 26.4. The Kier molecular flexibility index (Phi) is 7.27. The number of nitrogens with one attached hydrogen (secondary N) is 1. The van der Waals surface area contributed by atoms with E-state index in [1.54, 1.807) is 0 Å². The van der Waals surface area contributed by atoms with E-state index in [0.29, 0.717) is 17.8 Å². The first-order valence-corrected chi connectivity index (χ1v) is 12.9. The minimum absolute atomic E-state index is 0.0727. The largest absolute Gasteiger partial charge is 0.480 e. The van der Waals surface area contributed by atoms with Crippen molar-refractivity contribution in [1.82, 2.24) is 5.32 Å². The van der Waals surface area contributed by atoms with Crippen LogP contribution in [-0.4, -0.2) is 52.5 Å². The van der Waals surface area contributed by atoms with Crippen molar-refractivity contribution in [3.8, 4) is 0 Å². The number of hydrogen-bond donors (Lipinski definition) is 4. The summed E-state index contributed by atoms with van der Waals surface area (Å²) in [5.74, 6) is -0.542. The van der Waals surface area contributed by atoms with Gasteiger partial charge in [0.2, 0.25) is 5.91 Å². The molecular weight excluding hydrogens is 450 g/mol. The molecule has 7 atom stereocenters. The fourth-order valence-electron chi connectivity index (χ4n) is 7.57. The summed E-state index contributed by atoms with van der Waals surface area (Å²) >= 11 is 0. The third-order valence-electron chi connectivity index (χ3n) is 9.62. The smallest absolute Gasteiger partial charge is 0.326 e. The number of allylic oxidation sites excluding steroid dienone is 2. The van der Waals surface area contributed by atoms with Gasteiger partial charge in [0.1, 0.15) is 6.04 Å². The van der Waals surface area contributed by atoms with Crippen LogP contribution in [0.15, 0.2) is 16.8 Å². The predicted octanol–water partition coefficient (Wildman–Crippen LogP) is 2.52. The average molecular weight is 490 g/mol. The highest BCUT2D eigenvalue weighted by atomic mass is 16.6. The Labute approximate surface area is 206 Å². The third kappa shape index (κ3) is 4.97. The molecule has 4 rings (SSSR count). The van der Waals surface area contributed by atoms with Gasteiger partial charge in [0, 0.05) is 6.42 Å². The van der Waals surface area contributed by atoms with Crippen LogP contribution in [0, 0.1) is 28.6 Å². The zero-order valence-corrected chi connectivity index (χ0v) is 20.8. The van der Waals surface area contributed by atoms with E-state index in [1.165, 1.54) is 5.57 Å². The third-order valence-corrected chi connectivity index (χ3v) is 9.62. The first-order chi connectivity index (χ1) is 16.5. The molecule has 194 valence electrons. The maximum absolute atomic E-state index is 12.1. The van der Waals surface area contributed by atoms with Crippen LogP contribution in [0.2, 0.25) is 0 Å². The molecule has 0 heterocycles. The molecule has 0 aromatic heterocycles. The van der Waals surface area contributed by atoms with Crippen molar-refractivity contribution in [3.63, 3.8) is 0 Å². The summed E-state index contributed by atoms with van der Waals surface area (Å²) < 4.78 is 0. The number of aliphatic hydroxyl groups excluding tert-OH is 1. The van der Waals surface area contributed by atoms with E-state index in [0.717, 1.165) is 57.1 Å². The second kappa shape index (κ2) is 9.91. The summed E-state index contributed by atoms with van der Waals surface area (Å²) in [6, 6.07) is -1.20. The van der Waals surface area contributed by atoms with E-state index >= 15 is 0 Å². The number of rotatable bonds is 8. The summed E-state index contributed by atoms with van der Waals surface area (Å²) in [6.45, 7) is 4.30. The number of hydrogen-bond acceptors (Lipinski definition) is 6. The van der Waals surface area contributed by atoms with E-state index in [9.17, 15) is 24.6 Å². The second-order valence-corrected chi connectivity index (χ2v) is 11.5. The summed E-state index contributed by atoms with van der Waals surface area (Å²) in [5.41, 5.74) is 7.50. The van der Waals surface area contributed by atoms with Gasteiger partial charge in [-0.05, 0) is 92.4 Å². The molecule has 5 N–H and O–H groups in total. The van der Waals surface area contributed by atoms with Gasteiger partial charge in [0.15, 0.2) is 6.61 Å². The lowest BCUT2D eigenvalue weighted by atomic mass is 9.47. The van der Waals surface area contributed by atoms with Gasteiger partial charge in [-0.3, -0.25) is 9.59 Å². The van der Waals surface area contributed by atoms with Gasteiger partial charge in [-0.1, -0.05) is 24.6 Å². The lowest BCUT2D eigenvalue weighted by molar-refractivity contribution is -0.142. The number of primary amides is 1. The fraction of sp³-hybridized carbons (Fsp3) is 0.769. The number of aliphatic carboxylic acids is 1. The van der Waals surface area contributed by atoms with Crippen LogP contribution in [0.25, 0.3) is 0 Å². The van der Waals surface area contributed by atoms with Crippen LogP contribution in [-0.2, 0) is 19.2 Å². The van der Waals surface area contributed by atoms with Crippen molar-refractivity contribution in [2.75, 3.05) is 6.61 Å². The van der Waals surface area contributed by atoms with E-state index in [4.69, 9.17) is 10.6 Å². The van der Waals surface area contributed by atoms with Gasteiger partial charge < -0.3 is 26.1 Å². The first kappa shape index (κ1) is 25.7. The fourth-order valence-corrected chi connectivity index (χ4v) is 7.57. The number of aliphatic hydroxyl groups is 1. The number of carbonyl (C=O) groups excluding carboxylic acids is 2. The molecule has 9 nitrogen and oxygen atoms in total. The van der Waals surface area contributed by atoms with Crippen molar-refractivity contribution >= 4 is 23.5 Å². The van der Waals surface area contributed by atoms with E-state index in [1.807, 2.05) is 0 Å². The number of fused-ring (bicyclic) bond motifs is 5. The minimum Gasteiger partial charge on any atom is -0.480 e. The molecule has 35 heavy (non-hydrogen) atoms. The van der Waals surface area contributed by atoms with Crippen LogP contribution >= 0.6 is 0 Å². The van der Waals surface area contributed by atoms with E-state index in [2.05, 4.69) is 30.4 Å². The molecule has 0 radical (unpaired) electrons. The lowest BCUT2D eigenvalue weighted by Gasteiger charge is -2.57. The molecule has 3 saturated carbocycles.